The average Bonchev–Trinajstić information content (AvgIpc) is 3.43. The fourth-order valence-electron chi connectivity index (χ4n) is 5.47. The maximum atomic E-state index is 15.0. The van der Waals surface area contributed by atoms with Crippen LogP contribution < -0.4 is 19.5 Å². The minimum atomic E-state index is -5.32. The highest BCUT2D eigenvalue weighted by molar-refractivity contribution is 6.14. The summed E-state index contributed by atoms with van der Waals surface area (Å²) in [4.78, 5) is 41.5. The summed E-state index contributed by atoms with van der Waals surface area (Å²) in [6, 6.07) is 2.34. The summed E-state index contributed by atoms with van der Waals surface area (Å²) in [5.74, 6) is -3.29. The molecule has 1 saturated heterocycles. The summed E-state index contributed by atoms with van der Waals surface area (Å²) in [6.07, 6.45) is -4.65. The van der Waals surface area contributed by atoms with E-state index in [1.165, 1.54) is 33.5 Å². The predicted octanol–water partition coefficient (Wildman–Crippen LogP) is 3.41. The van der Waals surface area contributed by atoms with Crippen LogP contribution in [0.25, 0.3) is 0 Å². The van der Waals surface area contributed by atoms with Gasteiger partial charge in [0.2, 0.25) is 11.3 Å². The summed E-state index contributed by atoms with van der Waals surface area (Å²) in [7, 11) is 3.92. The Morgan fingerprint density at radius 1 is 1.11 bits per heavy atom. The molecular weight excluding hydrogens is 509 g/mol. The highest BCUT2D eigenvalue weighted by Crippen LogP contribution is 2.52. The number of alkyl halides is 3. The van der Waals surface area contributed by atoms with Gasteiger partial charge in [-0.05, 0) is 36.8 Å². The van der Waals surface area contributed by atoms with Crippen molar-refractivity contribution in [1.82, 2.24) is 10.2 Å². The number of Topliss-reactive ketones (excluding diaryl/α,β-unsaturated/α-hetero) is 1. The van der Waals surface area contributed by atoms with Crippen LogP contribution >= 0.6 is 0 Å². The number of hydrogen-bond donors (Lipinski definition) is 1. The van der Waals surface area contributed by atoms with Gasteiger partial charge in [0, 0.05) is 24.3 Å². The molecule has 2 atom stereocenters. The molecule has 2 heterocycles. The van der Waals surface area contributed by atoms with Crippen molar-refractivity contribution < 1.29 is 46.5 Å². The fourth-order valence-corrected chi connectivity index (χ4v) is 5.47. The Labute approximate surface area is 218 Å². The first kappa shape index (κ1) is 27.7. The Morgan fingerprint density at radius 2 is 1.74 bits per heavy atom. The van der Waals surface area contributed by atoms with Crippen molar-refractivity contribution in [2.24, 2.45) is 5.41 Å². The molecule has 0 spiro atoms. The highest BCUT2D eigenvalue weighted by Gasteiger charge is 2.71. The van der Waals surface area contributed by atoms with Crippen molar-refractivity contribution in [2.45, 2.75) is 57.3 Å². The van der Waals surface area contributed by atoms with Crippen LogP contribution in [0.3, 0.4) is 0 Å². The van der Waals surface area contributed by atoms with Crippen LogP contribution in [0.2, 0.25) is 0 Å². The van der Waals surface area contributed by atoms with E-state index in [0.717, 1.165) is 4.90 Å². The molecule has 0 saturated carbocycles. The molecule has 2 aliphatic heterocycles. The van der Waals surface area contributed by atoms with Gasteiger partial charge in [0.05, 0.1) is 39.6 Å². The van der Waals surface area contributed by atoms with E-state index >= 15 is 13.2 Å². The number of carbonyl (C=O) groups excluding carboxylic acids is 3. The Balaban J connectivity index is 1.84. The number of carbonyl (C=O) groups is 3. The zero-order valence-electron chi connectivity index (χ0n) is 21.9. The van der Waals surface area contributed by atoms with Crippen molar-refractivity contribution in [1.29, 1.82) is 0 Å². The Morgan fingerprint density at radius 3 is 2.24 bits per heavy atom. The molecule has 1 fully saturated rings. The van der Waals surface area contributed by atoms with Crippen molar-refractivity contribution in [3.63, 3.8) is 0 Å². The summed E-state index contributed by atoms with van der Waals surface area (Å²) in [6.45, 7) is 3.81. The van der Waals surface area contributed by atoms with Crippen LogP contribution in [0.15, 0.2) is 23.4 Å². The molecule has 38 heavy (non-hydrogen) atoms. The van der Waals surface area contributed by atoms with Gasteiger partial charge in [-0.15, -0.1) is 0 Å². The van der Waals surface area contributed by atoms with Crippen LogP contribution in [-0.4, -0.2) is 74.8 Å². The number of rotatable bonds is 7. The van der Waals surface area contributed by atoms with Gasteiger partial charge in [0.15, 0.2) is 17.3 Å². The molecule has 0 bridgehead atoms. The second-order valence-electron chi connectivity index (χ2n) is 10.4. The number of methoxy groups -OCH3 is 3. The van der Waals surface area contributed by atoms with Crippen LogP contribution in [-0.2, 0) is 14.3 Å². The second kappa shape index (κ2) is 9.79. The number of ketones is 1. The van der Waals surface area contributed by atoms with Crippen molar-refractivity contribution in [2.75, 3.05) is 34.5 Å². The maximum Gasteiger partial charge on any atom is 0.425 e. The molecule has 1 aromatic rings. The van der Waals surface area contributed by atoms with Gasteiger partial charge in [-0.2, -0.15) is 13.2 Å². The van der Waals surface area contributed by atoms with E-state index in [-0.39, 0.29) is 47.9 Å². The van der Waals surface area contributed by atoms with E-state index in [1.807, 2.05) is 5.32 Å². The standard InChI is InChI=1S/C26H31F3N2O7/c1-24(2)11-16-20(17(32)12-24)25(26(27,28)29,23(34)31(16)13-15-7-6-8-38-15)30-22(33)14-9-18(35-3)21(37-5)19(10-14)36-4/h9-10,15H,6-8,11-13H2,1-5H3,(H,30,33)/t15-,25+/m0/s1. The summed E-state index contributed by atoms with van der Waals surface area (Å²) in [5.41, 5.74) is -5.25. The number of allylic oxidation sites excluding steroid dienone is 1. The lowest BCUT2D eigenvalue weighted by molar-refractivity contribution is -0.191. The van der Waals surface area contributed by atoms with E-state index in [2.05, 4.69) is 0 Å². The highest BCUT2D eigenvalue weighted by atomic mass is 19.4. The van der Waals surface area contributed by atoms with Crippen molar-refractivity contribution in [3.05, 3.63) is 29.0 Å². The molecule has 0 aromatic heterocycles. The minimum absolute atomic E-state index is 0.0192. The van der Waals surface area contributed by atoms with E-state index < -0.39 is 46.4 Å². The fraction of sp³-hybridized carbons (Fsp3) is 0.577. The zero-order chi connectivity index (χ0) is 28.0. The quantitative estimate of drug-likeness (QED) is 0.566. The first-order chi connectivity index (χ1) is 17.8. The van der Waals surface area contributed by atoms with Gasteiger partial charge in [-0.25, -0.2) is 0 Å². The van der Waals surface area contributed by atoms with E-state index in [9.17, 15) is 14.4 Å². The van der Waals surface area contributed by atoms with Gasteiger partial charge in [0.1, 0.15) is 0 Å². The lowest BCUT2D eigenvalue weighted by atomic mass is 9.72. The predicted molar refractivity (Wildman–Crippen MR) is 128 cm³/mol. The number of nitrogens with one attached hydrogen (secondary N) is 1. The Bertz CT molecular complexity index is 1160. The van der Waals surface area contributed by atoms with E-state index in [0.29, 0.717) is 19.4 Å². The van der Waals surface area contributed by atoms with Crippen LogP contribution in [0.5, 0.6) is 17.2 Å². The number of nitrogens with zero attached hydrogens (tertiary/aromatic N) is 1. The van der Waals surface area contributed by atoms with Gasteiger partial charge in [0.25, 0.3) is 11.8 Å². The first-order valence-corrected chi connectivity index (χ1v) is 12.2. The SMILES string of the molecule is COc1cc(C(=O)N[C@@]2(C(F)(F)F)C(=O)N(C[C@@H]3CCCO3)C3=C2C(=O)CC(C)(C)C3)cc(OC)c1OC. The number of ether oxygens (including phenoxy) is 4. The van der Waals surface area contributed by atoms with E-state index in [4.69, 9.17) is 18.9 Å². The number of halogens is 3. The van der Waals surface area contributed by atoms with Crippen LogP contribution in [0, 0.1) is 5.41 Å². The van der Waals surface area contributed by atoms with Gasteiger partial charge in [-0.3, -0.25) is 14.4 Å². The largest absolute Gasteiger partial charge is 0.493 e. The molecular formula is C26H31F3N2O7. The van der Waals surface area contributed by atoms with Crippen molar-refractivity contribution in [3.8, 4) is 17.2 Å². The molecule has 0 radical (unpaired) electrons. The third kappa shape index (κ3) is 4.48. The maximum absolute atomic E-state index is 15.0. The normalized spacial score (nSPS) is 24.9. The summed E-state index contributed by atoms with van der Waals surface area (Å²) >= 11 is 0. The topological polar surface area (TPSA) is 103 Å². The molecule has 0 unspecified atom stereocenters. The molecule has 1 aromatic carbocycles. The lowest BCUT2D eigenvalue weighted by Gasteiger charge is -2.35. The first-order valence-electron chi connectivity index (χ1n) is 12.2. The van der Waals surface area contributed by atoms with Crippen LogP contribution in [0.4, 0.5) is 13.2 Å². The Kier molecular flexibility index (Phi) is 7.15. The monoisotopic (exact) mass is 540 g/mol. The van der Waals surface area contributed by atoms with Gasteiger partial charge in [-0.1, -0.05) is 13.8 Å². The third-order valence-electron chi connectivity index (χ3n) is 7.18. The molecule has 9 nitrogen and oxygen atoms in total. The number of amides is 2. The zero-order valence-corrected chi connectivity index (χ0v) is 21.9. The lowest BCUT2D eigenvalue weighted by Crippen LogP contribution is -2.66. The van der Waals surface area contributed by atoms with Crippen LogP contribution in [0.1, 0.15) is 49.9 Å². The molecule has 2 amide bonds. The summed E-state index contributed by atoms with van der Waals surface area (Å²) < 4.78 is 66.3. The molecule has 3 aliphatic rings. The number of benzene rings is 1. The number of hydrogen-bond acceptors (Lipinski definition) is 7. The van der Waals surface area contributed by atoms with Gasteiger partial charge < -0.3 is 29.2 Å². The molecule has 12 heteroatoms. The van der Waals surface area contributed by atoms with E-state index in [1.54, 1.807) is 13.8 Å². The Hall–Kier alpha value is -3.28. The smallest absolute Gasteiger partial charge is 0.425 e. The molecule has 208 valence electrons. The third-order valence-corrected chi connectivity index (χ3v) is 7.18. The molecule has 4 rings (SSSR count). The minimum Gasteiger partial charge on any atom is -0.493 e. The van der Waals surface area contributed by atoms with Crippen molar-refractivity contribution >= 4 is 17.6 Å². The summed E-state index contributed by atoms with van der Waals surface area (Å²) in [5, 5.41) is 1.92. The van der Waals surface area contributed by atoms with Gasteiger partial charge >= 0.3 is 6.18 Å². The molecule has 1 N–H and O–H groups in total. The second-order valence-corrected chi connectivity index (χ2v) is 10.4. The average molecular weight is 541 g/mol. The molecule has 1 aliphatic carbocycles.